The van der Waals surface area contributed by atoms with E-state index in [1.165, 1.54) is 6.07 Å². The molecule has 1 aromatic carbocycles. The standard InChI is InChI=1S/C11H11FN2O2/c1-2-3-6-13-8-9-4-5-11(14(15)16)10(12)7-9/h1,4-5,7,13H,3,6,8H2. The van der Waals surface area contributed by atoms with Crippen molar-refractivity contribution >= 4 is 5.69 Å². The Bertz CT molecular complexity index is 426. The van der Waals surface area contributed by atoms with Crippen LogP contribution in [0.2, 0.25) is 0 Å². The van der Waals surface area contributed by atoms with Gasteiger partial charge in [0, 0.05) is 25.6 Å². The van der Waals surface area contributed by atoms with E-state index in [9.17, 15) is 14.5 Å². The zero-order chi connectivity index (χ0) is 12.0. The topological polar surface area (TPSA) is 55.2 Å². The van der Waals surface area contributed by atoms with Crippen LogP contribution >= 0.6 is 0 Å². The molecule has 0 heterocycles. The Balaban J connectivity index is 2.60. The summed E-state index contributed by atoms with van der Waals surface area (Å²) in [5, 5.41) is 13.4. The molecule has 0 atom stereocenters. The van der Waals surface area contributed by atoms with Gasteiger partial charge in [-0.3, -0.25) is 10.1 Å². The van der Waals surface area contributed by atoms with E-state index in [0.717, 1.165) is 12.1 Å². The molecule has 16 heavy (non-hydrogen) atoms. The fourth-order valence-electron chi connectivity index (χ4n) is 1.20. The summed E-state index contributed by atoms with van der Waals surface area (Å²) in [7, 11) is 0. The van der Waals surface area contributed by atoms with Gasteiger partial charge in [-0.05, 0) is 11.6 Å². The predicted octanol–water partition coefficient (Wildman–Crippen LogP) is 1.85. The van der Waals surface area contributed by atoms with Gasteiger partial charge >= 0.3 is 5.69 Å². The Kier molecular flexibility index (Phi) is 4.42. The highest BCUT2D eigenvalue weighted by Crippen LogP contribution is 2.17. The van der Waals surface area contributed by atoms with E-state index in [-0.39, 0.29) is 0 Å². The van der Waals surface area contributed by atoms with Crippen molar-refractivity contribution in [3.8, 4) is 12.3 Å². The van der Waals surface area contributed by atoms with E-state index in [2.05, 4.69) is 11.2 Å². The fraction of sp³-hybridized carbons (Fsp3) is 0.273. The van der Waals surface area contributed by atoms with Crippen LogP contribution in [0.3, 0.4) is 0 Å². The largest absolute Gasteiger partial charge is 0.312 e. The predicted molar refractivity (Wildman–Crippen MR) is 58.2 cm³/mol. The van der Waals surface area contributed by atoms with Gasteiger partial charge in [0.05, 0.1) is 4.92 Å². The van der Waals surface area contributed by atoms with Crippen LogP contribution in [0.5, 0.6) is 0 Å². The van der Waals surface area contributed by atoms with Gasteiger partial charge in [-0.1, -0.05) is 6.07 Å². The summed E-state index contributed by atoms with van der Waals surface area (Å²) in [5.74, 6) is 1.65. The summed E-state index contributed by atoms with van der Waals surface area (Å²) >= 11 is 0. The first kappa shape index (κ1) is 12.1. The molecule has 1 aromatic rings. The van der Waals surface area contributed by atoms with Crippen molar-refractivity contribution in [2.24, 2.45) is 0 Å². The number of nitrogens with zero attached hydrogens (tertiary/aromatic N) is 1. The van der Waals surface area contributed by atoms with Gasteiger partial charge in [0.2, 0.25) is 5.82 Å². The number of nitro groups is 1. The molecule has 0 aliphatic rings. The number of hydrogen-bond acceptors (Lipinski definition) is 3. The number of terminal acetylenes is 1. The molecule has 0 aliphatic heterocycles. The summed E-state index contributed by atoms with van der Waals surface area (Å²) in [5.41, 5.74) is 0.146. The second-order valence-corrected chi connectivity index (χ2v) is 3.17. The third-order valence-electron chi connectivity index (χ3n) is 1.98. The quantitative estimate of drug-likeness (QED) is 0.358. The second-order valence-electron chi connectivity index (χ2n) is 3.17. The number of halogens is 1. The van der Waals surface area contributed by atoms with Crippen LogP contribution in [0.4, 0.5) is 10.1 Å². The lowest BCUT2D eigenvalue weighted by molar-refractivity contribution is -0.387. The highest BCUT2D eigenvalue weighted by molar-refractivity contribution is 5.34. The molecule has 0 unspecified atom stereocenters. The summed E-state index contributed by atoms with van der Waals surface area (Å²) in [6, 6.07) is 3.83. The van der Waals surface area contributed by atoms with Crippen LogP contribution in [-0.2, 0) is 6.54 Å². The molecule has 5 heteroatoms. The molecule has 0 radical (unpaired) electrons. The molecule has 1 rings (SSSR count). The van der Waals surface area contributed by atoms with Crippen molar-refractivity contribution in [3.05, 3.63) is 39.7 Å². The van der Waals surface area contributed by atoms with Crippen molar-refractivity contribution in [3.63, 3.8) is 0 Å². The normalized spacial score (nSPS) is 9.75. The van der Waals surface area contributed by atoms with Crippen molar-refractivity contribution in [1.82, 2.24) is 5.32 Å². The zero-order valence-electron chi connectivity index (χ0n) is 8.57. The second kappa shape index (κ2) is 5.83. The summed E-state index contributed by atoms with van der Waals surface area (Å²) in [4.78, 5) is 9.61. The van der Waals surface area contributed by atoms with Crippen molar-refractivity contribution in [2.45, 2.75) is 13.0 Å². The first-order valence-electron chi connectivity index (χ1n) is 4.72. The SMILES string of the molecule is C#CCCNCc1ccc([N+](=O)[O-])c(F)c1. The number of rotatable bonds is 5. The van der Waals surface area contributed by atoms with E-state index in [1.54, 1.807) is 0 Å². The monoisotopic (exact) mass is 222 g/mol. The lowest BCUT2D eigenvalue weighted by Gasteiger charge is -2.03. The van der Waals surface area contributed by atoms with Gasteiger partial charge in [0.15, 0.2) is 0 Å². The number of nitrogens with one attached hydrogen (secondary N) is 1. The van der Waals surface area contributed by atoms with Crippen LogP contribution in [0.15, 0.2) is 18.2 Å². The minimum atomic E-state index is -0.818. The van der Waals surface area contributed by atoms with Gasteiger partial charge in [0.1, 0.15) is 0 Å². The highest BCUT2D eigenvalue weighted by atomic mass is 19.1. The Labute approximate surface area is 92.6 Å². The maximum atomic E-state index is 13.2. The first-order valence-corrected chi connectivity index (χ1v) is 4.72. The lowest BCUT2D eigenvalue weighted by atomic mass is 10.2. The van der Waals surface area contributed by atoms with E-state index in [1.807, 2.05) is 0 Å². The molecule has 0 saturated carbocycles. The first-order chi connectivity index (χ1) is 7.65. The van der Waals surface area contributed by atoms with Crippen molar-refractivity contribution in [1.29, 1.82) is 0 Å². The smallest absolute Gasteiger partial charge is 0.304 e. The van der Waals surface area contributed by atoms with E-state index >= 15 is 0 Å². The molecule has 0 bridgehead atoms. The zero-order valence-corrected chi connectivity index (χ0v) is 8.57. The summed E-state index contributed by atoms with van der Waals surface area (Å²) in [6.07, 6.45) is 5.65. The molecular weight excluding hydrogens is 211 g/mol. The Hall–Kier alpha value is -1.93. The van der Waals surface area contributed by atoms with Gasteiger partial charge in [-0.2, -0.15) is 4.39 Å². The van der Waals surface area contributed by atoms with E-state index in [4.69, 9.17) is 6.42 Å². The average Bonchev–Trinajstić information content (AvgIpc) is 2.24. The average molecular weight is 222 g/mol. The Morgan fingerprint density at radius 3 is 2.88 bits per heavy atom. The van der Waals surface area contributed by atoms with Crippen LogP contribution in [-0.4, -0.2) is 11.5 Å². The van der Waals surface area contributed by atoms with Crippen LogP contribution in [0, 0.1) is 28.3 Å². The molecule has 0 spiro atoms. The minimum Gasteiger partial charge on any atom is -0.312 e. The van der Waals surface area contributed by atoms with Crippen LogP contribution < -0.4 is 5.32 Å². The molecule has 0 aliphatic carbocycles. The van der Waals surface area contributed by atoms with Gasteiger partial charge in [-0.25, -0.2) is 0 Å². The van der Waals surface area contributed by atoms with Crippen molar-refractivity contribution in [2.75, 3.05) is 6.54 Å². The third kappa shape index (κ3) is 3.33. The third-order valence-corrected chi connectivity index (χ3v) is 1.98. The summed E-state index contributed by atoms with van der Waals surface area (Å²) < 4.78 is 13.2. The number of nitro benzene ring substituents is 1. The Morgan fingerprint density at radius 2 is 2.31 bits per heavy atom. The van der Waals surface area contributed by atoms with Gasteiger partial charge < -0.3 is 5.32 Å². The Morgan fingerprint density at radius 1 is 1.56 bits per heavy atom. The summed E-state index contributed by atoms with van der Waals surface area (Å²) in [6.45, 7) is 1.08. The van der Waals surface area contributed by atoms with E-state index in [0.29, 0.717) is 25.1 Å². The van der Waals surface area contributed by atoms with E-state index < -0.39 is 16.4 Å². The molecule has 0 saturated heterocycles. The minimum absolute atomic E-state index is 0.441. The van der Waals surface area contributed by atoms with Crippen LogP contribution in [0.25, 0.3) is 0 Å². The molecule has 0 aromatic heterocycles. The molecule has 0 fully saturated rings. The molecule has 84 valence electrons. The maximum Gasteiger partial charge on any atom is 0.304 e. The maximum absolute atomic E-state index is 13.2. The van der Waals surface area contributed by atoms with Crippen LogP contribution in [0.1, 0.15) is 12.0 Å². The van der Waals surface area contributed by atoms with Crippen molar-refractivity contribution < 1.29 is 9.31 Å². The number of hydrogen-bond donors (Lipinski definition) is 1. The van der Waals surface area contributed by atoms with Gasteiger partial charge in [0.25, 0.3) is 0 Å². The molecular formula is C11H11FN2O2. The molecule has 1 N–H and O–H groups in total. The molecule has 4 nitrogen and oxygen atoms in total. The number of benzene rings is 1. The lowest BCUT2D eigenvalue weighted by Crippen LogP contribution is -2.14. The fourth-order valence-corrected chi connectivity index (χ4v) is 1.20. The molecule has 0 amide bonds. The highest BCUT2D eigenvalue weighted by Gasteiger charge is 2.13. The van der Waals surface area contributed by atoms with Gasteiger partial charge in [-0.15, -0.1) is 12.3 Å².